The molecule has 1 unspecified atom stereocenters. The van der Waals surface area contributed by atoms with Gasteiger partial charge in [0.05, 0.1) is 12.1 Å². The minimum absolute atomic E-state index is 0.320. The van der Waals surface area contributed by atoms with Crippen LogP contribution in [0.3, 0.4) is 0 Å². The Morgan fingerprint density at radius 3 is 2.55 bits per heavy atom. The zero-order valence-electron chi connectivity index (χ0n) is 12.4. The van der Waals surface area contributed by atoms with E-state index < -0.39 is 11.7 Å². The van der Waals surface area contributed by atoms with Gasteiger partial charge in [0.25, 0.3) is 0 Å². The fourth-order valence-electron chi connectivity index (χ4n) is 2.55. The number of aliphatic hydroxyl groups is 1. The standard InChI is InChI=1S/C16H23NO3/c1-16(2,3)20-15(19)17-11-7-10-13(18)14(17)12-8-5-4-6-9-12/h4-6,8-9,13-14,18H,7,10-11H2,1-3H3/t13?,14-/m0/s1. The molecule has 1 aromatic rings. The average Bonchev–Trinajstić information content (AvgIpc) is 2.37. The molecule has 0 aliphatic carbocycles. The lowest BCUT2D eigenvalue weighted by atomic mass is 9.93. The van der Waals surface area contributed by atoms with Crippen molar-refractivity contribution in [1.29, 1.82) is 0 Å². The van der Waals surface area contributed by atoms with Crippen LogP contribution in [0.4, 0.5) is 4.79 Å². The summed E-state index contributed by atoms with van der Waals surface area (Å²) >= 11 is 0. The molecule has 1 saturated heterocycles. The van der Waals surface area contributed by atoms with Gasteiger partial charge in [-0.3, -0.25) is 4.90 Å². The van der Waals surface area contributed by atoms with Gasteiger partial charge < -0.3 is 9.84 Å². The molecule has 0 saturated carbocycles. The topological polar surface area (TPSA) is 49.8 Å². The first-order valence-corrected chi connectivity index (χ1v) is 7.11. The molecule has 2 atom stereocenters. The average molecular weight is 277 g/mol. The highest BCUT2D eigenvalue weighted by molar-refractivity contribution is 5.69. The van der Waals surface area contributed by atoms with Crippen molar-refractivity contribution < 1.29 is 14.6 Å². The first kappa shape index (κ1) is 14.9. The molecule has 4 nitrogen and oxygen atoms in total. The van der Waals surface area contributed by atoms with Crippen molar-refractivity contribution in [3.8, 4) is 0 Å². The van der Waals surface area contributed by atoms with Gasteiger partial charge >= 0.3 is 6.09 Å². The number of benzene rings is 1. The van der Waals surface area contributed by atoms with Crippen LogP contribution in [0.5, 0.6) is 0 Å². The van der Waals surface area contributed by atoms with Crippen molar-refractivity contribution in [3.05, 3.63) is 35.9 Å². The number of hydrogen-bond acceptors (Lipinski definition) is 3. The summed E-state index contributed by atoms with van der Waals surface area (Å²) < 4.78 is 5.45. The third-order valence-corrected chi connectivity index (χ3v) is 3.37. The number of likely N-dealkylation sites (tertiary alicyclic amines) is 1. The fraction of sp³-hybridized carbons (Fsp3) is 0.562. The van der Waals surface area contributed by atoms with Crippen molar-refractivity contribution in [2.24, 2.45) is 0 Å². The number of hydrogen-bond donors (Lipinski definition) is 1. The fourth-order valence-corrected chi connectivity index (χ4v) is 2.55. The Morgan fingerprint density at radius 1 is 1.30 bits per heavy atom. The number of aliphatic hydroxyl groups excluding tert-OH is 1. The number of nitrogens with zero attached hydrogens (tertiary/aromatic N) is 1. The molecule has 0 bridgehead atoms. The summed E-state index contributed by atoms with van der Waals surface area (Å²) in [5.41, 5.74) is 0.423. The molecule has 4 heteroatoms. The van der Waals surface area contributed by atoms with E-state index >= 15 is 0 Å². The van der Waals surface area contributed by atoms with Gasteiger partial charge in [-0.2, -0.15) is 0 Å². The lowest BCUT2D eigenvalue weighted by Crippen LogP contribution is -2.47. The van der Waals surface area contributed by atoms with Gasteiger partial charge in [0.15, 0.2) is 0 Å². The summed E-state index contributed by atoms with van der Waals surface area (Å²) in [4.78, 5) is 14.0. The Hall–Kier alpha value is -1.55. The zero-order valence-corrected chi connectivity index (χ0v) is 12.4. The van der Waals surface area contributed by atoms with Crippen LogP contribution in [0, 0.1) is 0 Å². The minimum Gasteiger partial charge on any atom is -0.444 e. The monoisotopic (exact) mass is 277 g/mol. The number of carbonyl (C=O) groups excluding carboxylic acids is 1. The van der Waals surface area contributed by atoms with Crippen LogP contribution >= 0.6 is 0 Å². The Balaban J connectivity index is 2.23. The summed E-state index contributed by atoms with van der Waals surface area (Å²) in [6.45, 7) is 6.17. The molecular weight excluding hydrogens is 254 g/mol. The van der Waals surface area contributed by atoms with Gasteiger partial charge in [0.2, 0.25) is 0 Å². The van der Waals surface area contributed by atoms with Crippen LogP contribution in [0.2, 0.25) is 0 Å². The maximum Gasteiger partial charge on any atom is 0.410 e. The van der Waals surface area contributed by atoms with E-state index in [-0.39, 0.29) is 12.1 Å². The van der Waals surface area contributed by atoms with E-state index in [2.05, 4.69) is 0 Å². The van der Waals surface area contributed by atoms with Crippen LogP contribution in [-0.4, -0.2) is 34.3 Å². The van der Waals surface area contributed by atoms with E-state index in [9.17, 15) is 9.90 Å². The summed E-state index contributed by atoms with van der Waals surface area (Å²) in [5, 5.41) is 10.3. The van der Waals surface area contributed by atoms with E-state index in [1.165, 1.54) is 0 Å². The molecular formula is C16H23NO3. The van der Waals surface area contributed by atoms with Gasteiger partial charge in [-0.1, -0.05) is 30.3 Å². The summed E-state index contributed by atoms with van der Waals surface area (Å²) in [7, 11) is 0. The molecule has 1 aliphatic rings. The number of amides is 1. The highest BCUT2D eigenvalue weighted by atomic mass is 16.6. The summed E-state index contributed by atoms with van der Waals surface area (Å²) in [5.74, 6) is 0. The van der Waals surface area contributed by atoms with Crippen molar-refractivity contribution in [2.75, 3.05) is 6.54 Å². The number of ether oxygens (including phenoxy) is 1. The molecule has 1 heterocycles. The van der Waals surface area contributed by atoms with Crippen molar-refractivity contribution in [3.63, 3.8) is 0 Å². The van der Waals surface area contributed by atoms with E-state index in [1.807, 2.05) is 51.1 Å². The highest BCUT2D eigenvalue weighted by Gasteiger charge is 2.36. The second kappa shape index (κ2) is 5.83. The van der Waals surface area contributed by atoms with Gasteiger partial charge in [-0.15, -0.1) is 0 Å². The summed E-state index contributed by atoms with van der Waals surface area (Å²) in [6, 6.07) is 9.33. The molecule has 20 heavy (non-hydrogen) atoms. The minimum atomic E-state index is -0.543. The van der Waals surface area contributed by atoms with Gasteiger partial charge in [-0.25, -0.2) is 4.79 Å². The maximum absolute atomic E-state index is 12.3. The molecule has 2 rings (SSSR count). The van der Waals surface area contributed by atoms with Crippen LogP contribution < -0.4 is 0 Å². The predicted molar refractivity (Wildman–Crippen MR) is 77.4 cm³/mol. The first-order chi connectivity index (χ1) is 9.38. The van der Waals surface area contributed by atoms with E-state index in [0.29, 0.717) is 13.0 Å². The van der Waals surface area contributed by atoms with E-state index in [0.717, 1.165) is 12.0 Å². The van der Waals surface area contributed by atoms with Crippen molar-refractivity contribution in [1.82, 2.24) is 4.90 Å². The van der Waals surface area contributed by atoms with Crippen LogP contribution in [-0.2, 0) is 4.74 Å². The Kier molecular flexibility index (Phi) is 4.33. The largest absolute Gasteiger partial charge is 0.444 e. The summed E-state index contributed by atoms with van der Waals surface area (Å²) in [6.07, 6.45) is 0.603. The zero-order chi connectivity index (χ0) is 14.8. The quantitative estimate of drug-likeness (QED) is 0.858. The predicted octanol–water partition coefficient (Wildman–Crippen LogP) is 3.12. The third kappa shape index (κ3) is 3.51. The van der Waals surface area contributed by atoms with Gasteiger partial charge in [0, 0.05) is 6.54 Å². The second-order valence-corrected chi connectivity index (χ2v) is 6.24. The number of carbonyl (C=O) groups is 1. The first-order valence-electron chi connectivity index (χ1n) is 7.11. The lowest BCUT2D eigenvalue weighted by molar-refractivity contribution is -0.0239. The smallest absolute Gasteiger partial charge is 0.410 e. The normalized spacial score (nSPS) is 23.5. The number of piperidine rings is 1. The molecule has 110 valence electrons. The molecule has 1 aromatic carbocycles. The number of rotatable bonds is 1. The molecule has 1 N–H and O–H groups in total. The molecule has 1 amide bonds. The molecule has 1 aliphatic heterocycles. The van der Waals surface area contributed by atoms with Crippen molar-refractivity contribution >= 4 is 6.09 Å². The molecule has 0 spiro atoms. The molecule has 0 radical (unpaired) electrons. The molecule has 0 aromatic heterocycles. The van der Waals surface area contributed by atoms with E-state index in [1.54, 1.807) is 4.90 Å². The molecule has 1 fully saturated rings. The Bertz CT molecular complexity index is 453. The third-order valence-electron chi connectivity index (χ3n) is 3.37. The SMILES string of the molecule is CC(C)(C)OC(=O)N1CCCC(O)[C@@H]1c1ccccc1. The van der Waals surface area contributed by atoms with Crippen LogP contribution in [0.1, 0.15) is 45.2 Å². The second-order valence-electron chi connectivity index (χ2n) is 6.24. The lowest BCUT2D eigenvalue weighted by Gasteiger charge is -2.39. The highest BCUT2D eigenvalue weighted by Crippen LogP contribution is 2.32. The van der Waals surface area contributed by atoms with Gasteiger partial charge in [-0.05, 0) is 39.2 Å². The van der Waals surface area contributed by atoms with E-state index in [4.69, 9.17) is 4.74 Å². The Labute approximate surface area is 120 Å². The Morgan fingerprint density at radius 2 is 1.95 bits per heavy atom. The maximum atomic E-state index is 12.3. The van der Waals surface area contributed by atoms with Crippen LogP contribution in [0.25, 0.3) is 0 Å². The van der Waals surface area contributed by atoms with Gasteiger partial charge in [0.1, 0.15) is 5.60 Å². The van der Waals surface area contributed by atoms with Crippen LogP contribution in [0.15, 0.2) is 30.3 Å². The van der Waals surface area contributed by atoms with Crippen molar-refractivity contribution in [2.45, 2.75) is 51.4 Å².